The van der Waals surface area contributed by atoms with Gasteiger partial charge in [0.05, 0.1) is 12.1 Å². The summed E-state index contributed by atoms with van der Waals surface area (Å²) in [5.74, 6) is -2.72. The van der Waals surface area contributed by atoms with Gasteiger partial charge in [-0.2, -0.15) is 13.2 Å². The first kappa shape index (κ1) is 28.2. The summed E-state index contributed by atoms with van der Waals surface area (Å²) >= 11 is 0. The van der Waals surface area contributed by atoms with Crippen LogP contribution >= 0.6 is 0 Å². The van der Waals surface area contributed by atoms with Crippen LogP contribution in [0.25, 0.3) is 0 Å². The van der Waals surface area contributed by atoms with Crippen LogP contribution in [0.2, 0.25) is 0 Å². The molecule has 2 amide bonds. The number of aliphatic carboxylic acids is 1. The summed E-state index contributed by atoms with van der Waals surface area (Å²) in [6, 6.07) is 17.9. The van der Waals surface area contributed by atoms with Crippen LogP contribution in [0.3, 0.4) is 0 Å². The molecule has 7 nitrogen and oxygen atoms in total. The van der Waals surface area contributed by atoms with E-state index in [4.69, 9.17) is 9.90 Å². The predicted octanol–water partition coefficient (Wildman–Crippen LogP) is 3.77. The first-order valence-corrected chi connectivity index (χ1v) is 12.3. The Labute approximate surface area is 214 Å². The molecule has 0 aromatic heterocycles. The minimum Gasteiger partial charge on any atom is -0.475 e. The lowest BCUT2D eigenvalue weighted by Crippen LogP contribution is -2.51. The van der Waals surface area contributed by atoms with Gasteiger partial charge in [-0.3, -0.25) is 9.59 Å². The molecule has 2 aliphatic rings. The van der Waals surface area contributed by atoms with Gasteiger partial charge in [0.25, 0.3) is 0 Å². The standard InChI is InChI=1S/C25H31N3O2.C2HF3O2/c1-18-11-13-19(14-12-18)17-22(20-7-3-2-4-8-20)27-24(29)23-10-6-16-28(23)25(30)21-9-5-15-26-21;3-2(4,5)1(6)7/h2-4,7-8,11-14,21-23,26H,5-6,9-10,15-17H2,1H3,(H,27,29);(H,6,7)/t21-,22?,23+;/m1./s1. The third kappa shape index (κ3) is 8.04. The highest BCUT2D eigenvalue weighted by Crippen LogP contribution is 2.24. The maximum Gasteiger partial charge on any atom is 0.490 e. The van der Waals surface area contributed by atoms with Crippen LogP contribution < -0.4 is 10.6 Å². The lowest BCUT2D eigenvalue weighted by atomic mass is 9.97. The SMILES string of the molecule is Cc1ccc(CC(NC(=O)[C@@H]2CCCN2C(=O)[C@H]2CCCN2)c2ccccc2)cc1.O=C(O)C(F)(F)F. The van der Waals surface area contributed by atoms with Crippen molar-refractivity contribution in [1.29, 1.82) is 0 Å². The van der Waals surface area contributed by atoms with E-state index < -0.39 is 12.1 Å². The van der Waals surface area contributed by atoms with E-state index in [1.807, 2.05) is 18.2 Å². The summed E-state index contributed by atoms with van der Waals surface area (Å²) in [6.45, 7) is 3.63. The smallest absolute Gasteiger partial charge is 0.475 e. The zero-order chi connectivity index (χ0) is 27.0. The minimum atomic E-state index is -5.08. The summed E-state index contributed by atoms with van der Waals surface area (Å²) in [7, 11) is 0. The Bertz CT molecular complexity index is 1050. The maximum absolute atomic E-state index is 13.3. The molecule has 2 fully saturated rings. The van der Waals surface area contributed by atoms with Crippen molar-refractivity contribution < 1.29 is 32.7 Å². The number of nitrogens with zero attached hydrogens (tertiary/aromatic N) is 1. The molecule has 3 atom stereocenters. The summed E-state index contributed by atoms with van der Waals surface area (Å²) in [5.41, 5.74) is 3.49. The van der Waals surface area contributed by atoms with E-state index in [1.165, 1.54) is 11.1 Å². The van der Waals surface area contributed by atoms with Gasteiger partial charge in [0.15, 0.2) is 0 Å². The highest BCUT2D eigenvalue weighted by atomic mass is 19.4. The third-order valence-corrected chi connectivity index (χ3v) is 6.52. The zero-order valence-electron chi connectivity index (χ0n) is 20.6. The number of benzene rings is 2. The average Bonchev–Trinajstić information content (AvgIpc) is 3.58. The molecule has 37 heavy (non-hydrogen) atoms. The molecule has 0 radical (unpaired) electrons. The fourth-order valence-corrected chi connectivity index (χ4v) is 4.56. The second-order valence-corrected chi connectivity index (χ2v) is 9.30. The molecule has 0 spiro atoms. The largest absolute Gasteiger partial charge is 0.490 e. The van der Waals surface area contributed by atoms with Gasteiger partial charge in [-0.05, 0) is 56.7 Å². The van der Waals surface area contributed by atoms with Crippen molar-refractivity contribution in [2.75, 3.05) is 13.1 Å². The highest BCUT2D eigenvalue weighted by molar-refractivity contribution is 5.90. The number of alkyl halides is 3. The Morgan fingerprint density at radius 1 is 1.05 bits per heavy atom. The molecule has 2 aliphatic heterocycles. The van der Waals surface area contributed by atoms with E-state index in [9.17, 15) is 22.8 Å². The lowest BCUT2D eigenvalue weighted by Gasteiger charge is -2.29. The third-order valence-electron chi connectivity index (χ3n) is 6.52. The van der Waals surface area contributed by atoms with Crippen LogP contribution in [-0.4, -0.2) is 59.1 Å². The van der Waals surface area contributed by atoms with Crippen LogP contribution in [0.4, 0.5) is 13.2 Å². The number of carbonyl (C=O) groups excluding carboxylic acids is 2. The van der Waals surface area contributed by atoms with Crippen LogP contribution in [0.15, 0.2) is 54.6 Å². The average molecular weight is 520 g/mol. The first-order chi connectivity index (χ1) is 17.6. The molecule has 4 rings (SSSR count). The molecule has 0 bridgehead atoms. The van der Waals surface area contributed by atoms with Gasteiger partial charge in [-0.15, -0.1) is 0 Å². The number of likely N-dealkylation sites (tertiary alicyclic amines) is 1. The summed E-state index contributed by atoms with van der Waals surface area (Å²) in [6.07, 6.45) is -0.862. The van der Waals surface area contributed by atoms with Crippen molar-refractivity contribution in [2.45, 2.75) is 63.3 Å². The van der Waals surface area contributed by atoms with Gasteiger partial charge in [-0.1, -0.05) is 60.2 Å². The number of halogens is 3. The summed E-state index contributed by atoms with van der Waals surface area (Å²) in [5, 5.41) is 13.7. The van der Waals surface area contributed by atoms with Crippen LogP contribution in [-0.2, 0) is 20.8 Å². The normalized spacial score (nSPS) is 20.1. The Hall–Kier alpha value is -3.40. The predicted molar refractivity (Wildman–Crippen MR) is 132 cm³/mol. The lowest BCUT2D eigenvalue weighted by molar-refractivity contribution is -0.192. The number of carboxylic acids is 1. The van der Waals surface area contributed by atoms with Gasteiger partial charge >= 0.3 is 12.1 Å². The minimum absolute atomic E-state index is 0.0418. The summed E-state index contributed by atoms with van der Waals surface area (Å²) < 4.78 is 31.7. The Morgan fingerprint density at radius 3 is 2.27 bits per heavy atom. The van der Waals surface area contributed by atoms with Gasteiger partial charge in [-0.25, -0.2) is 4.79 Å². The van der Waals surface area contributed by atoms with E-state index in [0.29, 0.717) is 6.54 Å². The number of amides is 2. The molecule has 200 valence electrons. The van der Waals surface area contributed by atoms with Crippen molar-refractivity contribution in [3.8, 4) is 0 Å². The molecule has 2 saturated heterocycles. The molecule has 3 N–H and O–H groups in total. The molecule has 0 saturated carbocycles. The zero-order valence-corrected chi connectivity index (χ0v) is 20.6. The van der Waals surface area contributed by atoms with E-state index in [2.05, 4.69) is 54.0 Å². The summed E-state index contributed by atoms with van der Waals surface area (Å²) in [4.78, 5) is 36.9. The number of hydrogen-bond donors (Lipinski definition) is 3. The fourth-order valence-electron chi connectivity index (χ4n) is 4.56. The fraction of sp³-hybridized carbons (Fsp3) is 0.444. The first-order valence-electron chi connectivity index (χ1n) is 12.3. The Kier molecular flexibility index (Phi) is 9.68. The molecule has 2 aromatic carbocycles. The van der Waals surface area contributed by atoms with E-state index in [-0.39, 0.29) is 29.9 Å². The maximum atomic E-state index is 13.3. The highest BCUT2D eigenvalue weighted by Gasteiger charge is 2.39. The second-order valence-electron chi connectivity index (χ2n) is 9.30. The molecule has 10 heteroatoms. The number of nitrogens with one attached hydrogen (secondary N) is 2. The van der Waals surface area contributed by atoms with Gasteiger partial charge < -0.3 is 20.6 Å². The monoisotopic (exact) mass is 519 g/mol. The van der Waals surface area contributed by atoms with Crippen molar-refractivity contribution in [2.24, 2.45) is 0 Å². The van der Waals surface area contributed by atoms with Gasteiger partial charge in [0, 0.05) is 6.54 Å². The van der Waals surface area contributed by atoms with Gasteiger partial charge in [0.1, 0.15) is 6.04 Å². The Morgan fingerprint density at radius 2 is 1.70 bits per heavy atom. The molecule has 0 aliphatic carbocycles. The second kappa shape index (κ2) is 12.7. The number of rotatable bonds is 6. The Balaban J connectivity index is 0.000000479. The van der Waals surface area contributed by atoms with E-state index in [0.717, 1.165) is 44.2 Å². The van der Waals surface area contributed by atoms with Crippen LogP contribution in [0.1, 0.15) is 48.4 Å². The van der Waals surface area contributed by atoms with Crippen molar-refractivity contribution in [3.63, 3.8) is 0 Å². The van der Waals surface area contributed by atoms with Gasteiger partial charge in [0.2, 0.25) is 11.8 Å². The topological polar surface area (TPSA) is 98.7 Å². The van der Waals surface area contributed by atoms with E-state index >= 15 is 0 Å². The van der Waals surface area contributed by atoms with Crippen LogP contribution in [0.5, 0.6) is 0 Å². The molecule has 2 heterocycles. The molecular formula is C27H32F3N3O4. The number of aryl methyl sites for hydroxylation is 1. The number of hydrogen-bond acceptors (Lipinski definition) is 4. The van der Waals surface area contributed by atoms with Crippen molar-refractivity contribution >= 4 is 17.8 Å². The van der Waals surface area contributed by atoms with Crippen molar-refractivity contribution in [1.82, 2.24) is 15.5 Å². The molecule has 2 aromatic rings. The molecule has 1 unspecified atom stereocenters. The number of carboxylic acid groups (broad SMARTS) is 1. The quantitative estimate of drug-likeness (QED) is 0.540. The van der Waals surface area contributed by atoms with E-state index in [1.54, 1.807) is 4.90 Å². The van der Waals surface area contributed by atoms with Crippen molar-refractivity contribution in [3.05, 3.63) is 71.3 Å². The molecular weight excluding hydrogens is 487 g/mol. The number of carbonyl (C=O) groups is 3. The van der Waals surface area contributed by atoms with Crippen LogP contribution in [0, 0.1) is 6.92 Å².